The number of rotatable bonds is 5. The number of carbonyl (C=O) groups is 1. The van der Waals surface area contributed by atoms with Crippen LogP contribution in [0.5, 0.6) is 0 Å². The van der Waals surface area contributed by atoms with Gasteiger partial charge in [-0.2, -0.15) is 0 Å². The van der Waals surface area contributed by atoms with E-state index in [0.29, 0.717) is 10.9 Å². The molecule has 0 aliphatic heterocycles. The van der Waals surface area contributed by atoms with E-state index in [1.807, 2.05) is 39.0 Å². The second-order valence-corrected chi connectivity index (χ2v) is 7.60. The largest absolute Gasteiger partial charge is 0.320 e. The molecule has 3 nitrogen and oxygen atoms in total. The van der Waals surface area contributed by atoms with Crippen molar-refractivity contribution in [1.29, 1.82) is 0 Å². The summed E-state index contributed by atoms with van der Waals surface area (Å²) in [4.78, 5) is 12.9. The van der Waals surface area contributed by atoms with Crippen molar-refractivity contribution in [2.24, 2.45) is 0 Å². The molecule has 22 heavy (non-hydrogen) atoms. The lowest BCUT2D eigenvalue weighted by Gasteiger charge is -2.21. The molecule has 0 N–H and O–H groups in total. The summed E-state index contributed by atoms with van der Waals surface area (Å²) in [5.41, 5.74) is 2.72. The highest BCUT2D eigenvalue weighted by atomic mass is 31.2. The third-order valence-corrected chi connectivity index (χ3v) is 6.24. The Balaban J connectivity index is 2.64. The van der Waals surface area contributed by atoms with Gasteiger partial charge in [0.05, 0.1) is 11.9 Å². The first-order chi connectivity index (χ1) is 10.4. The predicted octanol–water partition coefficient (Wildman–Crippen LogP) is 4.39. The predicted molar refractivity (Wildman–Crippen MR) is 90.3 cm³/mol. The van der Waals surface area contributed by atoms with E-state index in [1.165, 1.54) is 0 Å². The van der Waals surface area contributed by atoms with E-state index in [1.54, 1.807) is 31.2 Å². The van der Waals surface area contributed by atoms with Gasteiger partial charge < -0.3 is 4.52 Å². The first-order valence-electron chi connectivity index (χ1n) is 7.33. The molecule has 0 spiro atoms. The summed E-state index contributed by atoms with van der Waals surface area (Å²) in [5, 5.41) is 0.536. The molecule has 4 heteroatoms. The summed E-state index contributed by atoms with van der Waals surface area (Å²) in [6.07, 6.45) is 0. The van der Waals surface area contributed by atoms with Crippen molar-refractivity contribution in [2.45, 2.75) is 27.7 Å². The average Bonchev–Trinajstić information content (AvgIpc) is 2.46. The zero-order valence-corrected chi connectivity index (χ0v) is 14.3. The minimum absolute atomic E-state index is 0.225. The summed E-state index contributed by atoms with van der Waals surface area (Å²) in [7, 11) is -3.62. The molecule has 0 radical (unpaired) electrons. The van der Waals surface area contributed by atoms with Gasteiger partial charge in [-0.1, -0.05) is 48.0 Å². The van der Waals surface area contributed by atoms with Gasteiger partial charge in [0.2, 0.25) is 0 Å². The topological polar surface area (TPSA) is 43.4 Å². The number of hydrogen-bond donors (Lipinski definition) is 0. The molecule has 2 aromatic rings. The van der Waals surface area contributed by atoms with Crippen LogP contribution in [0.1, 0.15) is 34.0 Å². The van der Waals surface area contributed by atoms with Crippen LogP contribution in [0, 0.1) is 20.8 Å². The number of hydrogen-bond acceptors (Lipinski definition) is 3. The Kier molecular flexibility index (Phi) is 5.00. The molecule has 2 rings (SSSR count). The zero-order chi connectivity index (χ0) is 16.3. The van der Waals surface area contributed by atoms with Gasteiger partial charge >= 0.3 is 7.37 Å². The van der Waals surface area contributed by atoms with E-state index >= 15 is 0 Å². The zero-order valence-electron chi connectivity index (χ0n) is 13.4. The maximum Gasteiger partial charge on any atom is 0.301 e. The fourth-order valence-corrected chi connectivity index (χ4v) is 5.15. The van der Waals surface area contributed by atoms with Gasteiger partial charge in [0.1, 0.15) is 0 Å². The van der Waals surface area contributed by atoms with Crippen LogP contribution < -0.4 is 5.30 Å². The molecule has 2 aromatic carbocycles. The van der Waals surface area contributed by atoms with Crippen LogP contribution in [0.2, 0.25) is 0 Å². The Bertz CT molecular complexity index is 712. The third-order valence-electron chi connectivity index (χ3n) is 3.53. The molecule has 116 valence electrons. The van der Waals surface area contributed by atoms with Gasteiger partial charge in [0, 0.05) is 5.56 Å². The molecule has 0 aliphatic carbocycles. The van der Waals surface area contributed by atoms with Crippen molar-refractivity contribution >= 4 is 18.2 Å². The van der Waals surface area contributed by atoms with Crippen LogP contribution in [-0.2, 0) is 9.09 Å². The number of benzene rings is 2. The lowest BCUT2D eigenvalue weighted by molar-refractivity contribution is 0.105. The standard InChI is InChI=1S/C18H21O3P/c1-5-21-22(20,18(19)16-9-7-6-8-10-16)17-14(3)11-13(2)12-15(17)4/h6-12H,5H2,1-4H3. The normalized spacial score (nSPS) is 13.6. The maximum absolute atomic E-state index is 13.5. The Morgan fingerprint density at radius 2 is 1.59 bits per heavy atom. The van der Waals surface area contributed by atoms with Crippen molar-refractivity contribution in [2.75, 3.05) is 6.61 Å². The second kappa shape index (κ2) is 6.60. The van der Waals surface area contributed by atoms with E-state index in [4.69, 9.17) is 4.52 Å². The smallest absolute Gasteiger partial charge is 0.301 e. The maximum atomic E-state index is 13.5. The van der Waals surface area contributed by atoms with Gasteiger partial charge in [0.15, 0.2) is 0 Å². The first-order valence-corrected chi connectivity index (χ1v) is 8.95. The summed E-state index contributed by atoms with van der Waals surface area (Å²) < 4.78 is 19.0. The lowest BCUT2D eigenvalue weighted by atomic mass is 10.1. The van der Waals surface area contributed by atoms with Crippen molar-refractivity contribution < 1.29 is 13.9 Å². The van der Waals surface area contributed by atoms with Crippen molar-refractivity contribution in [1.82, 2.24) is 0 Å². The van der Waals surface area contributed by atoms with E-state index in [0.717, 1.165) is 16.7 Å². The lowest BCUT2D eigenvalue weighted by Crippen LogP contribution is -2.21. The fourth-order valence-electron chi connectivity index (χ4n) is 2.79. The third kappa shape index (κ3) is 3.06. The Labute approximate surface area is 131 Å². The Morgan fingerprint density at radius 3 is 2.09 bits per heavy atom. The van der Waals surface area contributed by atoms with Crippen LogP contribution in [-0.4, -0.2) is 12.1 Å². The number of carbonyl (C=O) groups excluding carboxylic acids is 1. The van der Waals surface area contributed by atoms with Crippen LogP contribution in [0.25, 0.3) is 0 Å². The summed E-state index contributed by atoms with van der Waals surface area (Å²) in [6.45, 7) is 7.71. The van der Waals surface area contributed by atoms with Gasteiger partial charge in [-0.15, -0.1) is 0 Å². The van der Waals surface area contributed by atoms with E-state index in [9.17, 15) is 9.36 Å². The minimum atomic E-state index is -3.62. The molecule has 0 fully saturated rings. The van der Waals surface area contributed by atoms with E-state index in [-0.39, 0.29) is 6.61 Å². The highest BCUT2D eigenvalue weighted by molar-refractivity contribution is 7.83. The highest BCUT2D eigenvalue weighted by Crippen LogP contribution is 2.50. The summed E-state index contributed by atoms with van der Waals surface area (Å²) in [6, 6.07) is 12.6. The molecule has 0 aromatic heterocycles. The number of aryl methyl sites for hydroxylation is 3. The second-order valence-electron chi connectivity index (χ2n) is 5.39. The van der Waals surface area contributed by atoms with Crippen molar-refractivity contribution in [3.05, 3.63) is 64.7 Å². The molecule has 0 heterocycles. The van der Waals surface area contributed by atoms with Gasteiger partial charge in [-0.05, 0) is 38.8 Å². The quantitative estimate of drug-likeness (QED) is 0.768. The van der Waals surface area contributed by atoms with Crippen LogP contribution in [0.15, 0.2) is 42.5 Å². The molecule has 0 aliphatic rings. The average molecular weight is 316 g/mol. The molecule has 0 bridgehead atoms. The molecular weight excluding hydrogens is 295 g/mol. The van der Waals surface area contributed by atoms with Crippen LogP contribution in [0.3, 0.4) is 0 Å². The van der Waals surface area contributed by atoms with Crippen LogP contribution >= 0.6 is 7.37 Å². The van der Waals surface area contributed by atoms with Gasteiger partial charge in [-0.25, -0.2) is 0 Å². The molecular formula is C18H21O3P. The molecule has 1 unspecified atom stereocenters. The van der Waals surface area contributed by atoms with E-state index < -0.39 is 12.9 Å². The highest BCUT2D eigenvalue weighted by Gasteiger charge is 2.38. The van der Waals surface area contributed by atoms with E-state index in [2.05, 4.69) is 0 Å². The molecule has 0 saturated heterocycles. The minimum Gasteiger partial charge on any atom is -0.320 e. The molecule has 0 amide bonds. The van der Waals surface area contributed by atoms with Gasteiger partial charge in [0.25, 0.3) is 5.52 Å². The molecule has 0 saturated carbocycles. The molecule has 1 atom stereocenters. The summed E-state index contributed by atoms with van der Waals surface area (Å²) >= 11 is 0. The fraction of sp³-hybridized carbons (Fsp3) is 0.278. The van der Waals surface area contributed by atoms with Crippen molar-refractivity contribution in [3.8, 4) is 0 Å². The van der Waals surface area contributed by atoms with Crippen LogP contribution in [0.4, 0.5) is 0 Å². The monoisotopic (exact) mass is 316 g/mol. The first kappa shape index (κ1) is 16.7. The Morgan fingerprint density at radius 1 is 1.05 bits per heavy atom. The van der Waals surface area contributed by atoms with Crippen molar-refractivity contribution in [3.63, 3.8) is 0 Å². The Hall–Kier alpha value is -1.70. The SMILES string of the molecule is CCOP(=O)(C(=O)c1ccccc1)c1c(C)cc(C)cc1C. The van der Waals surface area contributed by atoms with Gasteiger partial charge in [-0.3, -0.25) is 9.36 Å². The summed E-state index contributed by atoms with van der Waals surface area (Å²) in [5.74, 6) is 0.